The molecule has 4 nitrogen and oxygen atoms in total. The second-order valence-corrected chi connectivity index (χ2v) is 5.09. The molecule has 0 aromatic carbocycles. The molecule has 0 radical (unpaired) electrons. The molecule has 0 aromatic heterocycles. The van der Waals surface area contributed by atoms with Crippen LogP contribution in [0.25, 0.3) is 0 Å². The molecule has 0 bridgehead atoms. The minimum atomic E-state index is -0.491. The average Bonchev–Trinajstić information content (AvgIpc) is 2.60. The number of nitrogens with one attached hydrogen (secondary N) is 2. The topological polar surface area (TPSA) is 45.8 Å². The van der Waals surface area contributed by atoms with Crippen LogP contribution in [0, 0.1) is 0 Å². The molecule has 2 unspecified atom stereocenters. The van der Waals surface area contributed by atoms with Crippen molar-refractivity contribution < 1.29 is 9.47 Å². The third kappa shape index (κ3) is 2.67. The van der Waals surface area contributed by atoms with E-state index in [1.54, 1.807) is 0 Å². The van der Waals surface area contributed by atoms with Crippen LogP contribution in [0.1, 0.15) is 27.2 Å². The molecule has 14 heavy (non-hydrogen) atoms. The van der Waals surface area contributed by atoms with E-state index in [1.165, 1.54) is 0 Å². The Kier molecular flexibility index (Phi) is 2.55. The summed E-state index contributed by atoms with van der Waals surface area (Å²) >= 11 is 0. The number of rotatable bonds is 3. The van der Waals surface area contributed by atoms with E-state index in [0.717, 1.165) is 19.5 Å². The largest absolute Gasteiger partial charge is 0.330 e. The Hall–Kier alpha value is -0.160. The summed E-state index contributed by atoms with van der Waals surface area (Å²) < 4.78 is 11.2. The van der Waals surface area contributed by atoms with E-state index >= 15 is 0 Å². The lowest BCUT2D eigenvalue weighted by molar-refractivity contribution is -0.148. The van der Waals surface area contributed by atoms with Crippen molar-refractivity contribution in [1.29, 1.82) is 0 Å². The molecule has 0 aromatic rings. The third-order valence-corrected chi connectivity index (χ3v) is 2.36. The fourth-order valence-corrected chi connectivity index (χ4v) is 1.82. The van der Waals surface area contributed by atoms with Crippen molar-refractivity contribution in [2.45, 2.75) is 44.7 Å². The van der Waals surface area contributed by atoms with Crippen molar-refractivity contribution in [2.24, 2.45) is 0 Å². The summed E-state index contributed by atoms with van der Waals surface area (Å²) in [5, 5.41) is 6.73. The van der Waals surface area contributed by atoms with Gasteiger partial charge in [-0.3, -0.25) is 5.32 Å². The molecule has 4 heteroatoms. The van der Waals surface area contributed by atoms with Crippen LogP contribution in [0.3, 0.4) is 0 Å². The molecule has 2 fully saturated rings. The molecule has 2 atom stereocenters. The summed E-state index contributed by atoms with van der Waals surface area (Å²) in [5.74, 6) is -0.491. The van der Waals surface area contributed by atoms with Crippen LogP contribution in [0.15, 0.2) is 0 Å². The van der Waals surface area contributed by atoms with Gasteiger partial charge in [0.25, 0.3) is 5.91 Å². The van der Waals surface area contributed by atoms with Gasteiger partial charge < -0.3 is 14.8 Å². The monoisotopic (exact) mass is 200 g/mol. The molecular formula is C10H20N2O2. The Morgan fingerprint density at radius 1 is 1.50 bits per heavy atom. The third-order valence-electron chi connectivity index (χ3n) is 2.36. The molecule has 2 aliphatic rings. The first-order chi connectivity index (χ1) is 6.49. The van der Waals surface area contributed by atoms with Gasteiger partial charge in [-0.05, 0) is 33.7 Å². The molecule has 0 amide bonds. The van der Waals surface area contributed by atoms with Crippen LogP contribution in [-0.4, -0.2) is 37.3 Å². The number of hydrogen-bond donors (Lipinski definition) is 2. The van der Waals surface area contributed by atoms with Gasteiger partial charge >= 0.3 is 0 Å². The van der Waals surface area contributed by atoms with Crippen LogP contribution in [-0.2, 0) is 9.47 Å². The highest BCUT2D eigenvalue weighted by molar-refractivity contribution is 4.89. The van der Waals surface area contributed by atoms with Gasteiger partial charge in [0.1, 0.15) is 6.61 Å². The predicted molar refractivity (Wildman–Crippen MR) is 53.9 cm³/mol. The van der Waals surface area contributed by atoms with E-state index in [1.807, 2.05) is 20.8 Å². The molecule has 2 rings (SSSR count). The SMILES string of the molecule is CC(C)(C)OC1(NC2CCNC2)CO1. The smallest absolute Gasteiger partial charge is 0.253 e. The van der Waals surface area contributed by atoms with Crippen molar-refractivity contribution in [2.75, 3.05) is 19.7 Å². The first kappa shape index (κ1) is 10.4. The van der Waals surface area contributed by atoms with E-state index < -0.39 is 5.91 Å². The fourth-order valence-electron chi connectivity index (χ4n) is 1.82. The molecule has 2 aliphatic heterocycles. The zero-order valence-corrected chi connectivity index (χ0v) is 9.22. The highest BCUT2D eigenvalue weighted by Crippen LogP contribution is 2.31. The fraction of sp³-hybridized carbons (Fsp3) is 1.00. The Bertz CT molecular complexity index is 203. The lowest BCUT2D eigenvalue weighted by Gasteiger charge is -2.27. The summed E-state index contributed by atoms with van der Waals surface area (Å²) in [5.41, 5.74) is -0.157. The Morgan fingerprint density at radius 2 is 2.21 bits per heavy atom. The zero-order chi connectivity index (χ0) is 10.2. The molecule has 0 spiro atoms. The number of hydrogen-bond acceptors (Lipinski definition) is 4. The average molecular weight is 200 g/mol. The minimum Gasteiger partial charge on any atom is -0.330 e. The lowest BCUT2D eigenvalue weighted by Crippen LogP contribution is -2.47. The van der Waals surface area contributed by atoms with Crippen molar-refractivity contribution >= 4 is 0 Å². The highest BCUT2D eigenvalue weighted by atomic mass is 16.8. The molecule has 82 valence electrons. The standard InChI is InChI=1S/C10H20N2O2/c1-9(2,3)14-10(7-13-10)12-8-4-5-11-6-8/h8,11-12H,4-7H2,1-3H3. The molecular weight excluding hydrogens is 180 g/mol. The molecule has 2 heterocycles. The predicted octanol–water partition coefficient (Wildman–Crippen LogP) is 0.437. The van der Waals surface area contributed by atoms with Gasteiger partial charge in [-0.2, -0.15) is 0 Å². The Labute approximate surface area is 85.3 Å². The van der Waals surface area contributed by atoms with E-state index in [4.69, 9.17) is 9.47 Å². The van der Waals surface area contributed by atoms with Gasteiger partial charge in [0.05, 0.1) is 5.60 Å². The van der Waals surface area contributed by atoms with Gasteiger partial charge in [-0.1, -0.05) is 0 Å². The second kappa shape index (κ2) is 3.45. The van der Waals surface area contributed by atoms with Crippen molar-refractivity contribution in [3.05, 3.63) is 0 Å². The quantitative estimate of drug-likeness (QED) is 0.512. The maximum Gasteiger partial charge on any atom is 0.253 e. The van der Waals surface area contributed by atoms with Crippen molar-refractivity contribution in [1.82, 2.24) is 10.6 Å². The number of epoxide rings is 1. The highest BCUT2D eigenvalue weighted by Gasteiger charge is 2.50. The summed E-state index contributed by atoms with van der Waals surface area (Å²) in [6.07, 6.45) is 1.15. The summed E-state index contributed by atoms with van der Waals surface area (Å²) in [6, 6.07) is 0.486. The van der Waals surface area contributed by atoms with Crippen molar-refractivity contribution in [3.63, 3.8) is 0 Å². The first-order valence-corrected chi connectivity index (χ1v) is 5.32. The van der Waals surface area contributed by atoms with Crippen LogP contribution in [0.4, 0.5) is 0 Å². The summed E-state index contributed by atoms with van der Waals surface area (Å²) in [7, 11) is 0. The first-order valence-electron chi connectivity index (χ1n) is 5.32. The maximum atomic E-state index is 5.84. The van der Waals surface area contributed by atoms with Gasteiger partial charge in [-0.25, -0.2) is 0 Å². The second-order valence-electron chi connectivity index (χ2n) is 5.09. The normalized spacial score (nSPS) is 37.5. The Balaban J connectivity index is 1.83. The van der Waals surface area contributed by atoms with Crippen LogP contribution >= 0.6 is 0 Å². The lowest BCUT2D eigenvalue weighted by atomic mass is 10.2. The molecule has 2 N–H and O–H groups in total. The van der Waals surface area contributed by atoms with Crippen molar-refractivity contribution in [3.8, 4) is 0 Å². The molecule has 2 saturated heterocycles. The van der Waals surface area contributed by atoms with E-state index in [0.29, 0.717) is 12.6 Å². The van der Waals surface area contributed by atoms with E-state index in [9.17, 15) is 0 Å². The maximum absolute atomic E-state index is 5.84. The molecule has 0 saturated carbocycles. The number of ether oxygens (including phenoxy) is 2. The molecule has 0 aliphatic carbocycles. The van der Waals surface area contributed by atoms with Gasteiger partial charge in [0, 0.05) is 12.6 Å². The van der Waals surface area contributed by atoms with Gasteiger partial charge in [-0.15, -0.1) is 0 Å². The van der Waals surface area contributed by atoms with E-state index in [2.05, 4.69) is 10.6 Å². The van der Waals surface area contributed by atoms with Crippen LogP contribution in [0.5, 0.6) is 0 Å². The summed E-state index contributed by atoms with van der Waals surface area (Å²) in [6.45, 7) is 8.91. The minimum absolute atomic E-state index is 0.157. The zero-order valence-electron chi connectivity index (χ0n) is 9.22. The van der Waals surface area contributed by atoms with Gasteiger partial charge in [0.2, 0.25) is 0 Å². The van der Waals surface area contributed by atoms with Crippen LogP contribution < -0.4 is 10.6 Å². The summed E-state index contributed by atoms with van der Waals surface area (Å²) in [4.78, 5) is 0. The van der Waals surface area contributed by atoms with E-state index in [-0.39, 0.29) is 5.60 Å². The van der Waals surface area contributed by atoms with Crippen LogP contribution in [0.2, 0.25) is 0 Å². The van der Waals surface area contributed by atoms with Gasteiger partial charge in [0.15, 0.2) is 0 Å². The Morgan fingerprint density at radius 3 is 2.64 bits per heavy atom.